The third-order valence-corrected chi connectivity index (χ3v) is 3.46. The molecule has 0 atom stereocenters. The monoisotopic (exact) mass is 376 g/mol. The zero-order chi connectivity index (χ0) is 16.7. The minimum absolute atomic E-state index is 0.0446. The molecule has 23 heavy (non-hydrogen) atoms. The van der Waals surface area contributed by atoms with Crippen LogP contribution in [0.1, 0.15) is 17.3 Å². The first-order chi connectivity index (χ1) is 11.1. The summed E-state index contributed by atoms with van der Waals surface area (Å²) < 4.78 is 5.88. The van der Waals surface area contributed by atoms with E-state index in [4.69, 9.17) is 4.74 Å². The first-order valence-corrected chi connectivity index (χ1v) is 7.95. The van der Waals surface area contributed by atoms with Crippen molar-refractivity contribution in [2.45, 2.75) is 6.92 Å². The highest BCUT2D eigenvalue weighted by Gasteiger charge is 2.12. The minimum atomic E-state index is -0.414. The number of nitrogens with one attached hydrogen (secondary N) is 2. The summed E-state index contributed by atoms with van der Waals surface area (Å²) in [5.41, 5.74) is 1.67. The van der Waals surface area contributed by atoms with Crippen molar-refractivity contribution >= 4 is 39.2 Å². The van der Waals surface area contributed by atoms with Crippen molar-refractivity contribution in [1.29, 1.82) is 0 Å². The molecule has 0 unspecified atom stereocenters. The first-order valence-electron chi connectivity index (χ1n) is 7.15. The van der Waals surface area contributed by atoms with Gasteiger partial charge in [0, 0.05) is 15.8 Å². The number of halogens is 1. The van der Waals surface area contributed by atoms with Crippen LogP contribution in [0.15, 0.2) is 53.0 Å². The van der Waals surface area contributed by atoms with Crippen LogP contribution < -0.4 is 10.6 Å². The molecule has 2 aromatic rings. The van der Waals surface area contributed by atoms with Gasteiger partial charge in [0.15, 0.2) is 0 Å². The molecule has 2 aromatic carbocycles. The molecule has 0 aromatic heterocycles. The maximum Gasteiger partial charge on any atom is 0.340 e. The molecule has 0 bridgehead atoms. The lowest BCUT2D eigenvalue weighted by atomic mass is 10.2. The van der Waals surface area contributed by atoms with E-state index in [1.54, 1.807) is 37.3 Å². The fourth-order valence-electron chi connectivity index (χ4n) is 1.97. The number of ether oxygens (including phenoxy) is 1. The van der Waals surface area contributed by atoms with Gasteiger partial charge in [-0.15, -0.1) is 0 Å². The molecule has 0 fully saturated rings. The molecule has 0 spiro atoms. The normalized spacial score (nSPS) is 10.0. The summed E-state index contributed by atoms with van der Waals surface area (Å²) in [5.74, 6) is -0.621. The van der Waals surface area contributed by atoms with Crippen molar-refractivity contribution < 1.29 is 14.3 Å². The number of amides is 1. The molecule has 2 rings (SSSR count). The lowest BCUT2D eigenvalue weighted by Gasteiger charge is -2.11. The number of hydrogen-bond acceptors (Lipinski definition) is 4. The van der Waals surface area contributed by atoms with Gasteiger partial charge in [0.2, 0.25) is 5.91 Å². The molecule has 120 valence electrons. The lowest BCUT2D eigenvalue weighted by Crippen LogP contribution is -2.22. The van der Waals surface area contributed by atoms with Crippen molar-refractivity contribution in [1.82, 2.24) is 0 Å². The van der Waals surface area contributed by atoms with Gasteiger partial charge in [0.1, 0.15) is 0 Å². The van der Waals surface area contributed by atoms with E-state index in [0.29, 0.717) is 23.5 Å². The number of benzene rings is 2. The molecule has 6 heteroatoms. The quantitative estimate of drug-likeness (QED) is 0.754. The molecule has 0 aliphatic rings. The Morgan fingerprint density at radius 3 is 2.65 bits per heavy atom. The van der Waals surface area contributed by atoms with Crippen molar-refractivity contribution in [2.24, 2.45) is 0 Å². The zero-order valence-electron chi connectivity index (χ0n) is 12.6. The van der Waals surface area contributed by atoms with E-state index < -0.39 is 5.97 Å². The van der Waals surface area contributed by atoms with Gasteiger partial charge < -0.3 is 15.4 Å². The van der Waals surface area contributed by atoms with Crippen molar-refractivity contribution in [2.75, 3.05) is 23.8 Å². The Labute approximate surface area is 143 Å². The SMILES string of the molecule is CCOC(=O)c1ccccc1NCC(=O)Nc1cccc(Br)c1. The highest BCUT2D eigenvalue weighted by atomic mass is 79.9. The van der Waals surface area contributed by atoms with Crippen molar-refractivity contribution in [3.63, 3.8) is 0 Å². The summed E-state index contributed by atoms with van der Waals surface area (Å²) in [6.45, 7) is 2.10. The fourth-order valence-corrected chi connectivity index (χ4v) is 2.37. The minimum Gasteiger partial charge on any atom is -0.462 e. The van der Waals surface area contributed by atoms with Crippen LogP contribution >= 0.6 is 15.9 Å². The van der Waals surface area contributed by atoms with E-state index in [2.05, 4.69) is 26.6 Å². The number of hydrogen-bond donors (Lipinski definition) is 2. The largest absolute Gasteiger partial charge is 0.462 e. The van der Waals surface area contributed by atoms with E-state index in [9.17, 15) is 9.59 Å². The van der Waals surface area contributed by atoms with Gasteiger partial charge in [0.05, 0.1) is 18.7 Å². The summed E-state index contributed by atoms with van der Waals surface area (Å²) in [6.07, 6.45) is 0. The van der Waals surface area contributed by atoms with Gasteiger partial charge in [0.25, 0.3) is 0 Å². The second-order valence-corrected chi connectivity index (χ2v) is 5.59. The molecule has 0 radical (unpaired) electrons. The number of carbonyl (C=O) groups is 2. The fraction of sp³-hybridized carbons (Fsp3) is 0.176. The Morgan fingerprint density at radius 1 is 1.13 bits per heavy atom. The van der Waals surface area contributed by atoms with Crippen LogP contribution in [0.4, 0.5) is 11.4 Å². The van der Waals surface area contributed by atoms with Crippen molar-refractivity contribution in [3.05, 3.63) is 58.6 Å². The number of anilines is 2. The molecule has 5 nitrogen and oxygen atoms in total. The van der Waals surface area contributed by atoms with Gasteiger partial charge >= 0.3 is 5.97 Å². The first kappa shape index (κ1) is 17.0. The molecular formula is C17H17BrN2O3. The maximum atomic E-state index is 12.0. The van der Waals surface area contributed by atoms with Crippen LogP contribution in [0.5, 0.6) is 0 Å². The number of esters is 1. The average molecular weight is 377 g/mol. The predicted octanol–water partition coefficient (Wildman–Crippen LogP) is 3.68. The van der Waals surface area contributed by atoms with Crippen molar-refractivity contribution in [3.8, 4) is 0 Å². The summed E-state index contributed by atoms with van der Waals surface area (Å²) in [7, 11) is 0. The Morgan fingerprint density at radius 2 is 1.91 bits per heavy atom. The molecule has 2 N–H and O–H groups in total. The second-order valence-electron chi connectivity index (χ2n) is 4.68. The van der Waals surface area contributed by atoms with E-state index in [0.717, 1.165) is 4.47 Å². The van der Waals surface area contributed by atoms with E-state index in [1.165, 1.54) is 0 Å². The number of para-hydroxylation sites is 1. The van der Waals surface area contributed by atoms with E-state index in [-0.39, 0.29) is 12.5 Å². The van der Waals surface area contributed by atoms with Crippen LogP contribution in [0, 0.1) is 0 Å². The Balaban J connectivity index is 1.98. The summed E-state index contributed by atoms with van der Waals surface area (Å²) in [6, 6.07) is 14.3. The van der Waals surface area contributed by atoms with Crippen LogP contribution in [0.2, 0.25) is 0 Å². The summed E-state index contributed by atoms with van der Waals surface area (Å²) >= 11 is 3.35. The third kappa shape index (κ3) is 5.10. The molecule has 0 aliphatic heterocycles. The Bertz CT molecular complexity index is 704. The van der Waals surface area contributed by atoms with E-state index in [1.807, 2.05) is 18.2 Å². The molecule has 0 aliphatic carbocycles. The van der Waals surface area contributed by atoms with Gasteiger partial charge in [-0.25, -0.2) is 4.79 Å². The highest BCUT2D eigenvalue weighted by molar-refractivity contribution is 9.10. The molecule has 0 saturated heterocycles. The Hall–Kier alpha value is -2.34. The third-order valence-electron chi connectivity index (χ3n) is 2.97. The molecular weight excluding hydrogens is 360 g/mol. The lowest BCUT2D eigenvalue weighted by molar-refractivity contribution is -0.114. The van der Waals surface area contributed by atoms with Crippen LogP contribution in [-0.4, -0.2) is 25.0 Å². The van der Waals surface area contributed by atoms with Crippen LogP contribution in [0.25, 0.3) is 0 Å². The molecule has 1 amide bonds. The summed E-state index contributed by atoms with van der Waals surface area (Å²) in [4.78, 5) is 23.9. The number of carbonyl (C=O) groups excluding carboxylic acids is 2. The Kier molecular flexibility index (Phi) is 6.17. The predicted molar refractivity (Wildman–Crippen MR) is 93.7 cm³/mol. The molecule has 0 heterocycles. The number of rotatable bonds is 6. The van der Waals surface area contributed by atoms with Crippen LogP contribution in [-0.2, 0) is 9.53 Å². The average Bonchev–Trinajstić information content (AvgIpc) is 2.53. The van der Waals surface area contributed by atoms with Gasteiger partial charge in [-0.2, -0.15) is 0 Å². The highest BCUT2D eigenvalue weighted by Crippen LogP contribution is 2.17. The zero-order valence-corrected chi connectivity index (χ0v) is 14.2. The van der Waals surface area contributed by atoms with Gasteiger partial charge in [-0.1, -0.05) is 34.1 Å². The van der Waals surface area contributed by atoms with Gasteiger partial charge in [-0.3, -0.25) is 4.79 Å². The molecule has 0 saturated carbocycles. The smallest absolute Gasteiger partial charge is 0.340 e. The maximum absolute atomic E-state index is 12.0. The topological polar surface area (TPSA) is 67.4 Å². The van der Waals surface area contributed by atoms with E-state index >= 15 is 0 Å². The van der Waals surface area contributed by atoms with Crippen LogP contribution in [0.3, 0.4) is 0 Å². The standard InChI is InChI=1S/C17H17BrN2O3/c1-2-23-17(22)14-8-3-4-9-15(14)19-11-16(21)20-13-7-5-6-12(18)10-13/h3-10,19H,2,11H2,1H3,(H,20,21). The second kappa shape index (κ2) is 8.33. The van der Waals surface area contributed by atoms with Gasteiger partial charge in [-0.05, 0) is 37.3 Å². The summed E-state index contributed by atoms with van der Waals surface area (Å²) in [5, 5.41) is 5.74.